The molecular weight excluding hydrogens is 302 g/mol. The Hall–Kier alpha value is -2.64. The summed E-state index contributed by atoms with van der Waals surface area (Å²) in [6.07, 6.45) is 1.41. The Bertz CT molecular complexity index is 545. The number of carbonyl (C=O) groups is 3. The maximum absolute atomic E-state index is 12.1. The van der Waals surface area contributed by atoms with Crippen molar-refractivity contribution in [3.8, 4) is 0 Å². The van der Waals surface area contributed by atoms with Gasteiger partial charge in [0.25, 0.3) is 5.91 Å². The van der Waals surface area contributed by atoms with Crippen molar-refractivity contribution in [1.29, 1.82) is 0 Å². The van der Waals surface area contributed by atoms with E-state index in [0.29, 0.717) is 5.69 Å². The van der Waals surface area contributed by atoms with Gasteiger partial charge >= 0.3 is 11.9 Å². The van der Waals surface area contributed by atoms with Crippen LogP contribution in [-0.2, 0) is 19.1 Å². The van der Waals surface area contributed by atoms with Crippen molar-refractivity contribution in [1.82, 2.24) is 10.3 Å². The summed E-state index contributed by atoms with van der Waals surface area (Å²) in [7, 11) is 0. The molecule has 0 aliphatic rings. The van der Waals surface area contributed by atoms with Crippen LogP contribution in [-0.4, -0.2) is 42.1 Å². The number of carbonyl (C=O) groups excluding carboxylic acids is 3. The van der Waals surface area contributed by atoms with Crippen LogP contribution in [0.4, 0.5) is 5.69 Å². The molecule has 0 aliphatic carbocycles. The monoisotopic (exact) mass is 323 g/mol. The largest absolute Gasteiger partial charge is 0.466 e. The Morgan fingerprint density at radius 2 is 1.91 bits per heavy atom. The highest BCUT2D eigenvalue weighted by atomic mass is 16.5. The maximum atomic E-state index is 12.1. The van der Waals surface area contributed by atoms with Crippen LogP contribution in [0.5, 0.6) is 0 Å². The van der Waals surface area contributed by atoms with Crippen molar-refractivity contribution in [2.75, 3.05) is 18.9 Å². The second-order valence-electron chi connectivity index (χ2n) is 4.60. The molecule has 0 saturated carbocycles. The summed E-state index contributed by atoms with van der Waals surface area (Å²) in [6, 6.07) is 2.02. The molecule has 1 heterocycles. The van der Waals surface area contributed by atoms with E-state index in [1.54, 1.807) is 13.8 Å². The summed E-state index contributed by atoms with van der Waals surface area (Å²) >= 11 is 0. The van der Waals surface area contributed by atoms with Crippen molar-refractivity contribution in [2.24, 2.45) is 0 Å². The summed E-state index contributed by atoms with van der Waals surface area (Å²) in [6.45, 7) is 3.77. The highest BCUT2D eigenvalue weighted by Gasteiger charge is 2.24. The summed E-state index contributed by atoms with van der Waals surface area (Å²) in [4.78, 5) is 39.3. The van der Waals surface area contributed by atoms with Gasteiger partial charge in [-0.15, -0.1) is 0 Å². The predicted octanol–water partition coefficient (Wildman–Crippen LogP) is 0.669. The van der Waals surface area contributed by atoms with Crippen molar-refractivity contribution >= 4 is 23.5 Å². The molecule has 126 valence electrons. The zero-order valence-electron chi connectivity index (χ0n) is 13.2. The number of aromatic nitrogens is 1. The summed E-state index contributed by atoms with van der Waals surface area (Å²) in [5, 5.41) is 2.51. The summed E-state index contributed by atoms with van der Waals surface area (Å²) < 4.78 is 9.71. The molecule has 8 heteroatoms. The Morgan fingerprint density at radius 1 is 1.22 bits per heavy atom. The minimum absolute atomic E-state index is 0.00718. The highest BCUT2D eigenvalue weighted by molar-refractivity contribution is 5.95. The summed E-state index contributed by atoms with van der Waals surface area (Å²) in [5.41, 5.74) is 6.04. The third-order valence-corrected chi connectivity index (χ3v) is 2.84. The van der Waals surface area contributed by atoms with Crippen LogP contribution in [0.15, 0.2) is 18.3 Å². The number of nitrogens with one attached hydrogen (secondary N) is 1. The maximum Gasteiger partial charge on any atom is 0.328 e. The van der Waals surface area contributed by atoms with Crippen LogP contribution >= 0.6 is 0 Å². The zero-order chi connectivity index (χ0) is 17.2. The molecule has 0 spiro atoms. The quantitative estimate of drug-likeness (QED) is 0.674. The fourth-order valence-electron chi connectivity index (χ4n) is 1.76. The second kappa shape index (κ2) is 9.39. The molecule has 0 fully saturated rings. The Kier molecular flexibility index (Phi) is 7.52. The summed E-state index contributed by atoms with van der Waals surface area (Å²) in [5.74, 6) is -1.60. The first-order chi connectivity index (χ1) is 11.0. The van der Waals surface area contributed by atoms with E-state index in [1.807, 2.05) is 0 Å². The number of ether oxygens (including phenoxy) is 2. The number of hydrogen-bond acceptors (Lipinski definition) is 7. The lowest BCUT2D eigenvalue weighted by atomic mass is 10.1. The van der Waals surface area contributed by atoms with Crippen molar-refractivity contribution < 1.29 is 23.9 Å². The van der Waals surface area contributed by atoms with Gasteiger partial charge in [0, 0.05) is 6.42 Å². The van der Waals surface area contributed by atoms with E-state index in [1.165, 1.54) is 18.3 Å². The molecule has 1 amide bonds. The average Bonchev–Trinajstić information content (AvgIpc) is 2.52. The van der Waals surface area contributed by atoms with Gasteiger partial charge in [-0.25, -0.2) is 9.78 Å². The van der Waals surface area contributed by atoms with Crippen LogP contribution < -0.4 is 11.1 Å². The highest BCUT2D eigenvalue weighted by Crippen LogP contribution is 2.06. The molecule has 0 aromatic carbocycles. The molecule has 0 radical (unpaired) electrons. The van der Waals surface area contributed by atoms with Crippen LogP contribution in [0.1, 0.15) is 37.2 Å². The van der Waals surface area contributed by atoms with Crippen LogP contribution in [0, 0.1) is 0 Å². The van der Waals surface area contributed by atoms with E-state index >= 15 is 0 Å². The number of rotatable bonds is 8. The molecular formula is C15H21N3O5. The van der Waals surface area contributed by atoms with Gasteiger partial charge < -0.3 is 20.5 Å². The van der Waals surface area contributed by atoms with Gasteiger partial charge in [-0.3, -0.25) is 9.59 Å². The molecule has 0 bridgehead atoms. The number of esters is 2. The number of hydrogen-bond donors (Lipinski definition) is 2. The molecule has 0 saturated heterocycles. The van der Waals surface area contributed by atoms with Crippen LogP contribution in [0.25, 0.3) is 0 Å². The van der Waals surface area contributed by atoms with E-state index < -0.39 is 23.9 Å². The standard InChI is InChI=1S/C15H21N3O5/c1-3-22-13(19)8-7-12(15(21)23-4-2)18-14(20)11-6-5-10(16)9-17-11/h5-6,9,12H,3-4,7-8,16H2,1-2H3,(H,18,20). The average molecular weight is 323 g/mol. The van der Waals surface area contributed by atoms with Gasteiger partial charge in [0.15, 0.2) is 0 Å². The minimum Gasteiger partial charge on any atom is -0.466 e. The molecule has 1 aromatic rings. The second-order valence-corrected chi connectivity index (χ2v) is 4.60. The van der Waals surface area contributed by atoms with Crippen LogP contribution in [0.2, 0.25) is 0 Å². The Labute approximate surface area is 134 Å². The van der Waals surface area contributed by atoms with Gasteiger partial charge in [0.2, 0.25) is 0 Å². The SMILES string of the molecule is CCOC(=O)CCC(NC(=O)c1ccc(N)cn1)C(=O)OCC. The van der Waals surface area contributed by atoms with Gasteiger partial charge in [-0.1, -0.05) is 0 Å². The van der Waals surface area contributed by atoms with Crippen molar-refractivity contribution in [2.45, 2.75) is 32.7 Å². The first-order valence-electron chi connectivity index (χ1n) is 7.32. The normalized spacial score (nSPS) is 11.4. The lowest BCUT2D eigenvalue weighted by molar-refractivity contribution is -0.146. The van der Waals surface area contributed by atoms with E-state index in [9.17, 15) is 14.4 Å². The van der Waals surface area contributed by atoms with Crippen molar-refractivity contribution in [3.63, 3.8) is 0 Å². The first kappa shape index (κ1) is 18.4. The predicted molar refractivity (Wildman–Crippen MR) is 82.4 cm³/mol. The van der Waals surface area contributed by atoms with Gasteiger partial charge in [0.1, 0.15) is 11.7 Å². The number of nitrogens with two attached hydrogens (primary N) is 1. The molecule has 8 nitrogen and oxygen atoms in total. The smallest absolute Gasteiger partial charge is 0.328 e. The topological polar surface area (TPSA) is 121 Å². The molecule has 23 heavy (non-hydrogen) atoms. The van der Waals surface area contributed by atoms with E-state index in [4.69, 9.17) is 15.2 Å². The lowest BCUT2D eigenvalue weighted by Gasteiger charge is -2.16. The zero-order valence-corrected chi connectivity index (χ0v) is 13.2. The van der Waals surface area contributed by atoms with E-state index in [-0.39, 0.29) is 31.7 Å². The number of amides is 1. The third-order valence-electron chi connectivity index (χ3n) is 2.84. The molecule has 1 rings (SSSR count). The first-order valence-corrected chi connectivity index (χ1v) is 7.32. The molecule has 1 atom stereocenters. The fraction of sp³-hybridized carbons (Fsp3) is 0.467. The number of nitrogens with zero attached hydrogens (tertiary/aromatic N) is 1. The van der Waals surface area contributed by atoms with E-state index in [2.05, 4.69) is 10.3 Å². The third kappa shape index (κ3) is 6.33. The molecule has 1 aromatic heterocycles. The Morgan fingerprint density at radius 3 is 2.48 bits per heavy atom. The van der Waals surface area contributed by atoms with Crippen LogP contribution in [0.3, 0.4) is 0 Å². The fourth-order valence-corrected chi connectivity index (χ4v) is 1.76. The van der Waals surface area contributed by atoms with Gasteiger partial charge in [0.05, 0.1) is 25.1 Å². The molecule has 1 unspecified atom stereocenters. The van der Waals surface area contributed by atoms with Gasteiger partial charge in [-0.05, 0) is 32.4 Å². The number of pyridine rings is 1. The van der Waals surface area contributed by atoms with Crippen molar-refractivity contribution in [3.05, 3.63) is 24.0 Å². The molecule has 3 N–H and O–H groups in total. The molecule has 0 aliphatic heterocycles. The lowest BCUT2D eigenvalue weighted by Crippen LogP contribution is -2.42. The minimum atomic E-state index is -0.953. The van der Waals surface area contributed by atoms with Gasteiger partial charge in [-0.2, -0.15) is 0 Å². The Balaban J connectivity index is 2.71. The number of nitrogen functional groups attached to an aromatic ring is 1. The number of anilines is 1. The van der Waals surface area contributed by atoms with E-state index in [0.717, 1.165) is 0 Å².